The normalized spacial score (nSPS) is 33.5. The van der Waals surface area contributed by atoms with E-state index in [1.165, 1.54) is 51.4 Å². The van der Waals surface area contributed by atoms with Gasteiger partial charge in [0.25, 0.3) is 0 Å². The van der Waals surface area contributed by atoms with Crippen LogP contribution in [0.2, 0.25) is 0 Å². The van der Waals surface area contributed by atoms with Crippen LogP contribution in [-0.2, 0) is 0 Å². The second kappa shape index (κ2) is 7.70. The van der Waals surface area contributed by atoms with Crippen molar-refractivity contribution in [3.8, 4) is 0 Å². The smallest absolute Gasteiger partial charge is 0.0300 e. The molecule has 0 aromatic carbocycles. The molecular formula is C19H36. The van der Waals surface area contributed by atoms with Gasteiger partial charge < -0.3 is 0 Å². The van der Waals surface area contributed by atoms with E-state index >= 15 is 0 Å². The van der Waals surface area contributed by atoms with Crippen LogP contribution in [-0.4, -0.2) is 0 Å². The summed E-state index contributed by atoms with van der Waals surface area (Å²) in [7, 11) is 0. The fourth-order valence-electron chi connectivity index (χ4n) is 4.86. The molecule has 112 valence electrons. The van der Waals surface area contributed by atoms with E-state index in [1.54, 1.807) is 38.5 Å². The summed E-state index contributed by atoms with van der Waals surface area (Å²) in [5, 5.41) is 0. The first-order valence-corrected chi connectivity index (χ1v) is 9.29. The van der Waals surface area contributed by atoms with Gasteiger partial charge in [0, 0.05) is 0 Å². The van der Waals surface area contributed by atoms with Crippen LogP contribution in [0.1, 0.15) is 104 Å². The minimum Gasteiger partial charge on any atom is -0.0654 e. The summed E-state index contributed by atoms with van der Waals surface area (Å²) in [6, 6.07) is 0. The largest absolute Gasteiger partial charge is 0.0654 e. The maximum atomic E-state index is 2.45. The molecule has 2 aliphatic rings. The fourth-order valence-corrected chi connectivity index (χ4v) is 4.86. The molecule has 0 N–H and O–H groups in total. The summed E-state index contributed by atoms with van der Waals surface area (Å²) in [6.07, 6.45) is 21.2. The minimum atomic E-state index is 0.750. The molecule has 0 bridgehead atoms. The molecule has 2 saturated carbocycles. The summed E-state index contributed by atoms with van der Waals surface area (Å²) >= 11 is 0. The summed E-state index contributed by atoms with van der Waals surface area (Å²) in [4.78, 5) is 0. The van der Waals surface area contributed by atoms with Gasteiger partial charge in [-0.1, -0.05) is 71.6 Å². The molecule has 0 aromatic rings. The summed E-state index contributed by atoms with van der Waals surface area (Å²) < 4.78 is 0. The number of rotatable bonds is 6. The van der Waals surface area contributed by atoms with E-state index in [1.807, 2.05) is 0 Å². The van der Waals surface area contributed by atoms with Crippen molar-refractivity contribution < 1.29 is 0 Å². The van der Waals surface area contributed by atoms with Gasteiger partial charge in [-0.3, -0.25) is 0 Å². The Morgan fingerprint density at radius 1 is 0.789 bits per heavy atom. The standard InChI is InChI=1S/C19H36/c1-3-5-9-14-19(4-2)15-12-18(13-16-19)17-10-7-6-8-11-17/h17-18H,3-16H2,1-2H3. The molecule has 0 atom stereocenters. The zero-order chi connectivity index (χ0) is 13.6. The topological polar surface area (TPSA) is 0 Å². The first kappa shape index (κ1) is 15.4. The van der Waals surface area contributed by atoms with Gasteiger partial charge in [0.05, 0.1) is 0 Å². The van der Waals surface area contributed by atoms with Crippen molar-refractivity contribution in [2.45, 2.75) is 104 Å². The third-order valence-electron chi connectivity index (χ3n) is 6.47. The van der Waals surface area contributed by atoms with E-state index in [-0.39, 0.29) is 0 Å². The Morgan fingerprint density at radius 3 is 2.00 bits per heavy atom. The fraction of sp³-hybridized carbons (Fsp3) is 1.00. The van der Waals surface area contributed by atoms with Gasteiger partial charge in [-0.15, -0.1) is 0 Å². The van der Waals surface area contributed by atoms with Crippen LogP contribution >= 0.6 is 0 Å². The lowest BCUT2D eigenvalue weighted by atomic mass is 9.63. The average Bonchev–Trinajstić information content (AvgIpc) is 2.49. The van der Waals surface area contributed by atoms with Gasteiger partial charge in [-0.05, 0) is 49.4 Å². The second-order valence-electron chi connectivity index (χ2n) is 7.55. The van der Waals surface area contributed by atoms with Gasteiger partial charge in [0.2, 0.25) is 0 Å². The molecule has 0 radical (unpaired) electrons. The van der Waals surface area contributed by atoms with Crippen LogP contribution in [0.4, 0.5) is 0 Å². The van der Waals surface area contributed by atoms with Crippen molar-refractivity contribution in [3.63, 3.8) is 0 Å². The molecule has 0 aliphatic heterocycles. The molecule has 0 nitrogen and oxygen atoms in total. The third kappa shape index (κ3) is 4.23. The maximum Gasteiger partial charge on any atom is -0.0300 e. The van der Waals surface area contributed by atoms with Crippen molar-refractivity contribution in [2.24, 2.45) is 17.3 Å². The highest BCUT2D eigenvalue weighted by Crippen LogP contribution is 2.48. The molecule has 0 amide bonds. The Kier molecular flexibility index (Phi) is 6.23. The predicted molar refractivity (Wildman–Crippen MR) is 85.4 cm³/mol. The minimum absolute atomic E-state index is 0.750. The van der Waals surface area contributed by atoms with E-state index in [0.717, 1.165) is 17.3 Å². The summed E-state index contributed by atoms with van der Waals surface area (Å²) in [5.74, 6) is 2.21. The summed E-state index contributed by atoms with van der Waals surface area (Å²) in [5.41, 5.74) is 0.750. The summed E-state index contributed by atoms with van der Waals surface area (Å²) in [6.45, 7) is 4.78. The van der Waals surface area contributed by atoms with Crippen molar-refractivity contribution in [2.75, 3.05) is 0 Å². The highest BCUT2D eigenvalue weighted by Gasteiger charge is 2.35. The molecule has 2 fully saturated rings. The Balaban J connectivity index is 1.78. The number of hydrogen-bond donors (Lipinski definition) is 0. The average molecular weight is 264 g/mol. The Hall–Kier alpha value is 0. The Bertz CT molecular complexity index is 228. The Morgan fingerprint density at radius 2 is 1.42 bits per heavy atom. The highest BCUT2D eigenvalue weighted by atomic mass is 14.4. The van der Waals surface area contributed by atoms with Crippen molar-refractivity contribution in [3.05, 3.63) is 0 Å². The molecule has 0 saturated heterocycles. The van der Waals surface area contributed by atoms with Crippen LogP contribution in [0.3, 0.4) is 0 Å². The van der Waals surface area contributed by atoms with Crippen LogP contribution < -0.4 is 0 Å². The lowest BCUT2D eigenvalue weighted by Crippen LogP contribution is -2.30. The van der Waals surface area contributed by atoms with E-state index in [0.29, 0.717) is 0 Å². The zero-order valence-electron chi connectivity index (χ0n) is 13.6. The van der Waals surface area contributed by atoms with Crippen LogP contribution in [0.5, 0.6) is 0 Å². The Labute approximate surface area is 121 Å². The van der Waals surface area contributed by atoms with Crippen molar-refractivity contribution in [1.82, 2.24) is 0 Å². The van der Waals surface area contributed by atoms with E-state index < -0.39 is 0 Å². The molecule has 0 aromatic heterocycles. The molecule has 2 rings (SSSR count). The van der Waals surface area contributed by atoms with Crippen LogP contribution in [0, 0.1) is 17.3 Å². The quantitative estimate of drug-likeness (QED) is 0.466. The van der Waals surface area contributed by atoms with E-state index in [2.05, 4.69) is 13.8 Å². The molecule has 0 unspecified atom stereocenters. The molecule has 0 heteroatoms. The molecular weight excluding hydrogens is 228 g/mol. The maximum absolute atomic E-state index is 2.45. The molecule has 0 heterocycles. The zero-order valence-corrected chi connectivity index (χ0v) is 13.6. The monoisotopic (exact) mass is 264 g/mol. The predicted octanol–water partition coefficient (Wildman–Crippen LogP) is 6.73. The first-order valence-electron chi connectivity index (χ1n) is 9.29. The van der Waals surface area contributed by atoms with Gasteiger partial charge in [0.1, 0.15) is 0 Å². The van der Waals surface area contributed by atoms with Crippen molar-refractivity contribution >= 4 is 0 Å². The molecule has 19 heavy (non-hydrogen) atoms. The van der Waals surface area contributed by atoms with Gasteiger partial charge in [-0.25, -0.2) is 0 Å². The van der Waals surface area contributed by atoms with Crippen LogP contribution in [0.15, 0.2) is 0 Å². The van der Waals surface area contributed by atoms with Gasteiger partial charge >= 0.3 is 0 Å². The molecule has 0 spiro atoms. The lowest BCUT2D eigenvalue weighted by molar-refractivity contribution is 0.0876. The van der Waals surface area contributed by atoms with Gasteiger partial charge in [-0.2, -0.15) is 0 Å². The number of hydrogen-bond acceptors (Lipinski definition) is 0. The number of unbranched alkanes of at least 4 members (excludes halogenated alkanes) is 2. The lowest BCUT2D eigenvalue weighted by Gasteiger charge is -2.43. The van der Waals surface area contributed by atoms with Gasteiger partial charge in [0.15, 0.2) is 0 Å². The SMILES string of the molecule is CCCCCC1(CC)CCC(C2CCCCC2)CC1. The van der Waals surface area contributed by atoms with E-state index in [9.17, 15) is 0 Å². The second-order valence-corrected chi connectivity index (χ2v) is 7.55. The third-order valence-corrected chi connectivity index (χ3v) is 6.47. The van der Waals surface area contributed by atoms with E-state index in [4.69, 9.17) is 0 Å². The van der Waals surface area contributed by atoms with Crippen molar-refractivity contribution in [1.29, 1.82) is 0 Å². The van der Waals surface area contributed by atoms with Crippen LogP contribution in [0.25, 0.3) is 0 Å². The molecule has 2 aliphatic carbocycles. The highest BCUT2D eigenvalue weighted by molar-refractivity contribution is 4.87. The first-order chi connectivity index (χ1) is 9.29.